The van der Waals surface area contributed by atoms with E-state index in [1.807, 2.05) is 0 Å². The van der Waals surface area contributed by atoms with Crippen LogP contribution in [0.4, 0.5) is 9.18 Å². The fraction of sp³-hybridized carbons (Fsp3) is 0.267. The molecule has 8 heteroatoms. The molecule has 23 heavy (non-hydrogen) atoms. The van der Waals surface area contributed by atoms with Crippen LogP contribution in [0.3, 0.4) is 0 Å². The van der Waals surface area contributed by atoms with E-state index in [2.05, 4.69) is 10.3 Å². The fourth-order valence-corrected chi connectivity index (χ4v) is 1.95. The number of imidazole rings is 1. The summed E-state index contributed by atoms with van der Waals surface area (Å²) in [5.74, 6) is -1.39. The van der Waals surface area contributed by atoms with Gasteiger partial charge in [0.25, 0.3) is 0 Å². The van der Waals surface area contributed by atoms with Gasteiger partial charge in [-0.1, -0.05) is 6.07 Å². The fourth-order valence-electron chi connectivity index (χ4n) is 1.95. The number of aliphatic carboxylic acids is 1. The molecular formula is C15H17FN4O3. The summed E-state index contributed by atoms with van der Waals surface area (Å²) < 4.78 is 15.6. The molecule has 0 spiro atoms. The van der Waals surface area contributed by atoms with Crippen LogP contribution in [0, 0.1) is 5.82 Å². The highest BCUT2D eigenvalue weighted by Crippen LogP contribution is 2.14. The summed E-state index contributed by atoms with van der Waals surface area (Å²) in [6.07, 6.45) is 4.56. The van der Waals surface area contributed by atoms with E-state index in [-0.39, 0.29) is 19.5 Å². The first kappa shape index (κ1) is 16.5. The molecule has 0 radical (unpaired) electrons. The van der Waals surface area contributed by atoms with Gasteiger partial charge >= 0.3 is 12.0 Å². The number of hydrogen-bond acceptors (Lipinski definition) is 3. The molecule has 2 rings (SSSR count). The zero-order valence-corrected chi connectivity index (χ0v) is 12.6. The Morgan fingerprint density at radius 3 is 2.83 bits per heavy atom. The maximum Gasteiger partial charge on any atom is 0.317 e. The van der Waals surface area contributed by atoms with Crippen molar-refractivity contribution in [3.8, 4) is 5.69 Å². The number of carbonyl (C=O) groups excluding carboxylic acids is 1. The molecular weight excluding hydrogens is 303 g/mol. The number of benzene rings is 1. The summed E-state index contributed by atoms with van der Waals surface area (Å²) in [6.45, 7) is 0.256. The number of nitrogens with one attached hydrogen (secondary N) is 1. The largest absolute Gasteiger partial charge is 0.481 e. The molecule has 0 atom stereocenters. The van der Waals surface area contributed by atoms with Crippen LogP contribution in [0.25, 0.3) is 5.69 Å². The second-order valence-electron chi connectivity index (χ2n) is 4.98. The molecule has 0 saturated heterocycles. The van der Waals surface area contributed by atoms with Crippen molar-refractivity contribution in [1.29, 1.82) is 0 Å². The number of carboxylic acids is 1. The van der Waals surface area contributed by atoms with Crippen molar-refractivity contribution in [3.63, 3.8) is 0 Å². The average molecular weight is 320 g/mol. The van der Waals surface area contributed by atoms with Gasteiger partial charge in [0.2, 0.25) is 0 Å². The smallest absolute Gasteiger partial charge is 0.317 e. The summed E-state index contributed by atoms with van der Waals surface area (Å²) in [5.41, 5.74) is 0.975. The Morgan fingerprint density at radius 1 is 1.43 bits per heavy atom. The van der Waals surface area contributed by atoms with E-state index in [1.165, 1.54) is 24.3 Å². The van der Waals surface area contributed by atoms with Crippen LogP contribution in [0.1, 0.15) is 12.0 Å². The van der Waals surface area contributed by atoms with Gasteiger partial charge in [0.15, 0.2) is 0 Å². The summed E-state index contributed by atoms with van der Waals surface area (Å²) in [7, 11) is 1.50. The molecule has 1 aromatic carbocycles. The molecule has 1 aromatic heterocycles. The van der Waals surface area contributed by atoms with Crippen molar-refractivity contribution < 1.29 is 19.1 Å². The molecule has 1 heterocycles. The zero-order valence-electron chi connectivity index (χ0n) is 12.6. The van der Waals surface area contributed by atoms with Crippen molar-refractivity contribution in [2.45, 2.75) is 13.0 Å². The second kappa shape index (κ2) is 7.39. The van der Waals surface area contributed by atoms with Crippen molar-refractivity contribution in [2.24, 2.45) is 0 Å². The zero-order chi connectivity index (χ0) is 16.8. The number of carbonyl (C=O) groups is 2. The molecule has 2 aromatic rings. The third kappa shape index (κ3) is 4.53. The average Bonchev–Trinajstić information content (AvgIpc) is 3.04. The van der Waals surface area contributed by atoms with Crippen LogP contribution in [-0.4, -0.2) is 45.2 Å². The van der Waals surface area contributed by atoms with Crippen molar-refractivity contribution in [2.75, 3.05) is 13.6 Å². The van der Waals surface area contributed by atoms with Gasteiger partial charge in [-0.3, -0.25) is 4.79 Å². The molecule has 0 saturated carbocycles. The Balaban J connectivity index is 1.92. The maximum atomic E-state index is 14.1. The number of rotatable bonds is 6. The van der Waals surface area contributed by atoms with Crippen LogP contribution in [-0.2, 0) is 11.3 Å². The molecule has 122 valence electrons. The molecule has 2 amide bonds. The van der Waals surface area contributed by atoms with Gasteiger partial charge in [-0.25, -0.2) is 14.2 Å². The van der Waals surface area contributed by atoms with E-state index in [1.54, 1.807) is 29.1 Å². The number of carboxylic acid groups (broad SMARTS) is 1. The van der Waals surface area contributed by atoms with Crippen LogP contribution >= 0.6 is 0 Å². The highest BCUT2D eigenvalue weighted by molar-refractivity contribution is 5.75. The van der Waals surface area contributed by atoms with Crippen LogP contribution in [0.15, 0.2) is 36.9 Å². The number of hydrogen-bond donors (Lipinski definition) is 2. The van der Waals surface area contributed by atoms with Crippen molar-refractivity contribution in [1.82, 2.24) is 19.8 Å². The number of urea groups is 1. The molecule has 0 aliphatic rings. The SMILES string of the molecule is CN(CCC(=O)O)C(=O)NCc1ccc(-n2ccnc2)c(F)c1. The van der Waals surface area contributed by atoms with Gasteiger partial charge in [0, 0.05) is 32.5 Å². The molecule has 0 aliphatic heterocycles. The number of amides is 2. The molecule has 2 N–H and O–H groups in total. The first-order valence-electron chi connectivity index (χ1n) is 6.95. The monoisotopic (exact) mass is 320 g/mol. The summed E-state index contributed by atoms with van der Waals surface area (Å²) >= 11 is 0. The molecule has 0 unspecified atom stereocenters. The minimum absolute atomic E-state index is 0.106. The predicted octanol–water partition coefficient (Wildman–Crippen LogP) is 1.63. The summed E-state index contributed by atoms with van der Waals surface area (Å²) in [6, 6.07) is 4.24. The lowest BCUT2D eigenvalue weighted by Crippen LogP contribution is -2.38. The lowest BCUT2D eigenvalue weighted by Gasteiger charge is -2.17. The van der Waals surface area contributed by atoms with E-state index >= 15 is 0 Å². The first-order valence-corrected chi connectivity index (χ1v) is 6.95. The Hall–Kier alpha value is -2.90. The lowest BCUT2D eigenvalue weighted by molar-refractivity contribution is -0.137. The van der Waals surface area contributed by atoms with Crippen LogP contribution in [0.2, 0.25) is 0 Å². The second-order valence-corrected chi connectivity index (χ2v) is 4.98. The Kier molecular flexibility index (Phi) is 5.29. The summed E-state index contributed by atoms with van der Waals surface area (Å²) in [4.78, 5) is 27.4. The standard InChI is InChI=1S/C15H17FN4O3/c1-19(6-4-14(21)22)15(23)18-9-11-2-3-13(12(16)8-11)20-7-5-17-10-20/h2-3,5,7-8,10H,4,6,9H2,1H3,(H,18,23)(H,21,22). The van der Waals surface area contributed by atoms with E-state index in [0.717, 1.165) is 0 Å². The van der Waals surface area contributed by atoms with E-state index in [9.17, 15) is 14.0 Å². The van der Waals surface area contributed by atoms with E-state index in [0.29, 0.717) is 11.3 Å². The normalized spacial score (nSPS) is 10.3. The molecule has 7 nitrogen and oxygen atoms in total. The Labute approximate surface area is 132 Å². The van der Waals surface area contributed by atoms with Gasteiger partial charge in [-0.15, -0.1) is 0 Å². The Bertz CT molecular complexity index is 688. The molecule has 0 bridgehead atoms. The quantitative estimate of drug-likeness (QED) is 0.847. The topological polar surface area (TPSA) is 87.5 Å². The van der Waals surface area contributed by atoms with Gasteiger partial charge in [-0.05, 0) is 17.7 Å². The third-order valence-electron chi connectivity index (χ3n) is 3.25. The number of halogens is 1. The van der Waals surface area contributed by atoms with Gasteiger partial charge < -0.3 is 19.9 Å². The minimum Gasteiger partial charge on any atom is -0.481 e. The Morgan fingerprint density at radius 2 is 2.22 bits per heavy atom. The van der Waals surface area contributed by atoms with Gasteiger partial charge in [-0.2, -0.15) is 0 Å². The maximum absolute atomic E-state index is 14.1. The van der Waals surface area contributed by atoms with Crippen LogP contribution in [0.5, 0.6) is 0 Å². The number of aromatic nitrogens is 2. The van der Waals surface area contributed by atoms with Crippen LogP contribution < -0.4 is 5.32 Å². The summed E-state index contributed by atoms with van der Waals surface area (Å²) in [5, 5.41) is 11.2. The first-order chi connectivity index (χ1) is 11.0. The van der Waals surface area contributed by atoms with Crippen molar-refractivity contribution in [3.05, 3.63) is 48.3 Å². The number of nitrogens with zero attached hydrogens (tertiary/aromatic N) is 3. The van der Waals surface area contributed by atoms with Gasteiger partial charge in [0.05, 0.1) is 18.4 Å². The third-order valence-corrected chi connectivity index (χ3v) is 3.25. The van der Waals surface area contributed by atoms with Gasteiger partial charge in [0.1, 0.15) is 5.82 Å². The lowest BCUT2D eigenvalue weighted by atomic mass is 10.2. The molecule has 0 aliphatic carbocycles. The van der Waals surface area contributed by atoms with Crippen molar-refractivity contribution >= 4 is 12.0 Å². The predicted molar refractivity (Wildman–Crippen MR) is 80.6 cm³/mol. The molecule has 0 fully saturated rings. The highest BCUT2D eigenvalue weighted by atomic mass is 19.1. The van der Waals surface area contributed by atoms with E-state index < -0.39 is 17.8 Å². The van der Waals surface area contributed by atoms with E-state index in [4.69, 9.17) is 5.11 Å². The highest BCUT2D eigenvalue weighted by Gasteiger charge is 2.10. The minimum atomic E-state index is -0.971.